The summed E-state index contributed by atoms with van der Waals surface area (Å²) in [6, 6.07) is 7.80. The molecule has 1 N–H and O–H groups in total. The van der Waals surface area contributed by atoms with Crippen LogP contribution in [0.5, 0.6) is 5.75 Å². The summed E-state index contributed by atoms with van der Waals surface area (Å²) in [5.74, 6) is 2.31. The summed E-state index contributed by atoms with van der Waals surface area (Å²) in [4.78, 5) is 4.28. The van der Waals surface area contributed by atoms with E-state index in [1.54, 1.807) is 6.33 Å². The average molecular weight is 353 g/mol. The van der Waals surface area contributed by atoms with Crippen molar-refractivity contribution in [2.24, 2.45) is 5.92 Å². The minimum Gasteiger partial charge on any atom is -0.492 e. The predicted molar refractivity (Wildman–Crippen MR) is 86.2 cm³/mol. The van der Waals surface area contributed by atoms with Gasteiger partial charge >= 0.3 is 0 Å². The molecule has 2 aromatic rings. The van der Waals surface area contributed by atoms with E-state index in [1.165, 1.54) is 0 Å². The van der Waals surface area contributed by atoms with Crippen LogP contribution in [0.3, 0.4) is 0 Å². The molecule has 0 bridgehead atoms. The molecule has 0 saturated carbocycles. The Morgan fingerprint density at radius 1 is 1.29 bits per heavy atom. The van der Waals surface area contributed by atoms with E-state index >= 15 is 0 Å². The van der Waals surface area contributed by atoms with Crippen LogP contribution in [0, 0.1) is 5.92 Å². The number of ether oxygens (including phenoxy) is 1. The Kier molecular flexibility index (Phi) is 6.20. The molecule has 0 radical (unpaired) electrons. The van der Waals surface area contributed by atoms with Crippen LogP contribution in [0.1, 0.15) is 19.7 Å². The first kappa shape index (κ1) is 16.0. The summed E-state index contributed by atoms with van der Waals surface area (Å²) in [6.45, 7) is 7.30. The van der Waals surface area contributed by atoms with Gasteiger partial charge in [0.25, 0.3) is 0 Å². The summed E-state index contributed by atoms with van der Waals surface area (Å²) in [7, 11) is 0. The van der Waals surface area contributed by atoms with Gasteiger partial charge in [-0.3, -0.25) is 0 Å². The highest BCUT2D eigenvalue weighted by Crippen LogP contribution is 2.15. The highest BCUT2D eigenvalue weighted by molar-refractivity contribution is 9.10. The minimum atomic E-state index is 0.573. The topological polar surface area (TPSA) is 52.0 Å². The van der Waals surface area contributed by atoms with Gasteiger partial charge in [-0.1, -0.05) is 29.8 Å². The average Bonchev–Trinajstić information content (AvgIpc) is 2.88. The van der Waals surface area contributed by atoms with Gasteiger partial charge in [-0.15, -0.1) is 0 Å². The molecule has 5 nitrogen and oxygen atoms in total. The van der Waals surface area contributed by atoms with Crippen LogP contribution in [0.15, 0.2) is 35.1 Å². The first-order valence-electron chi connectivity index (χ1n) is 7.11. The standard InChI is InChI=1S/C15H21BrN4O/c1-12(2)9-17-10-15-18-11-20(19-15)7-8-21-14-5-3-13(16)4-6-14/h3-6,11-12,17H,7-10H2,1-2H3. The molecule has 2 rings (SSSR count). The van der Waals surface area contributed by atoms with Gasteiger partial charge in [-0.2, -0.15) is 5.10 Å². The third-order valence-corrected chi connectivity index (χ3v) is 3.35. The molecular formula is C15H21BrN4O. The van der Waals surface area contributed by atoms with Gasteiger partial charge in [-0.05, 0) is 36.7 Å². The van der Waals surface area contributed by atoms with Gasteiger partial charge in [0.1, 0.15) is 18.7 Å². The summed E-state index contributed by atoms with van der Waals surface area (Å²) in [5, 5.41) is 7.74. The third kappa shape index (κ3) is 5.85. The highest BCUT2D eigenvalue weighted by Gasteiger charge is 2.02. The fourth-order valence-corrected chi connectivity index (χ4v) is 2.05. The van der Waals surface area contributed by atoms with Crippen LogP contribution in [-0.2, 0) is 13.1 Å². The smallest absolute Gasteiger partial charge is 0.164 e. The van der Waals surface area contributed by atoms with Gasteiger partial charge in [0.15, 0.2) is 5.82 Å². The monoisotopic (exact) mass is 352 g/mol. The summed E-state index contributed by atoms with van der Waals surface area (Å²) in [6.07, 6.45) is 1.75. The molecule has 0 aliphatic rings. The Hall–Kier alpha value is -1.40. The van der Waals surface area contributed by atoms with Crippen LogP contribution < -0.4 is 10.1 Å². The number of nitrogens with zero attached hydrogens (tertiary/aromatic N) is 3. The normalized spacial score (nSPS) is 11.0. The van der Waals surface area contributed by atoms with Crippen molar-refractivity contribution in [2.45, 2.75) is 26.9 Å². The Morgan fingerprint density at radius 3 is 2.76 bits per heavy atom. The van der Waals surface area contributed by atoms with E-state index in [1.807, 2.05) is 28.9 Å². The second kappa shape index (κ2) is 8.14. The molecule has 114 valence electrons. The van der Waals surface area contributed by atoms with Gasteiger partial charge < -0.3 is 10.1 Å². The van der Waals surface area contributed by atoms with Crippen molar-refractivity contribution in [1.82, 2.24) is 20.1 Å². The van der Waals surface area contributed by atoms with E-state index in [0.29, 0.717) is 25.6 Å². The lowest BCUT2D eigenvalue weighted by molar-refractivity contribution is 0.290. The first-order chi connectivity index (χ1) is 10.1. The molecular weight excluding hydrogens is 332 g/mol. The van der Waals surface area contributed by atoms with E-state index in [-0.39, 0.29) is 0 Å². The van der Waals surface area contributed by atoms with Gasteiger partial charge in [-0.25, -0.2) is 9.67 Å². The second-order valence-corrected chi connectivity index (χ2v) is 6.17. The number of rotatable bonds is 8. The molecule has 21 heavy (non-hydrogen) atoms. The number of aromatic nitrogens is 3. The zero-order chi connectivity index (χ0) is 15.1. The minimum absolute atomic E-state index is 0.573. The molecule has 1 heterocycles. The quantitative estimate of drug-likeness (QED) is 0.793. The van der Waals surface area contributed by atoms with Crippen LogP contribution in [0.2, 0.25) is 0 Å². The SMILES string of the molecule is CC(C)CNCc1ncn(CCOc2ccc(Br)cc2)n1. The summed E-state index contributed by atoms with van der Waals surface area (Å²) in [5.41, 5.74) is 0. The van der Waals surface area contributed by atoms with E-state index in [0.717, 1.165) is 22.6 Å². The molecule has 0 aliphatic carbocycles. The van der Waals surface area contributed by atoms with Gasteiger partial charge in [0.2, 0.25) is 0 Å². The van der Waals surface area contributed by atoms with E-state index < -0.39 is 0 Å². The Balaban J connectivity index is 1.71. The van der Waals surface area contributed by atoms with Gasteiger partial charge in [0, 0.05) is 4.47 Å². The Morgan fingerprint density at radius 2 is 2.05 bits per heavy atom. The fraction of sp³-hybridized carbons (Fsp3) is 0.467. The van der Waals surface area contributed by atoms with E-state index in [2.05, 4.69) is 45.2 Å². The highest BCUT2D eigenvalue weighted by atomic mass is 79.9. The Bertz CT molecular complexity index is 539. The lowest BCUT2D eigenvalue weighted by atomic mass is 10.2. The van der Waals surface area contributed by atoms with Crippen LogP contribution >= 0.6 is 15.9 Å². The number of hydrogen-bond donors (Lipinski definition) is 1. The maximum absolute atomic E-state index is 5.66. The van der Waals surface area contributed by atoms with Crippen molar-refractivity contribution in [3.8, 4) is 5.75 Å². The zero-order valence-corrected chi connectivity index (χ0v) is 14.0. The maximum atomic E-state index is 5.66. The van der Waals surface area contributed by atoms with Crippen LogP contribution in [0.4, 0.5) is 0 Å². The fourth-order valence-electron chi connectivity index (χ4n) is 1.78. The third-order valence-electron chi connectivity index (χ3n) is 2.82. The van der Waals surface area contributed by atoms with E-state index in [4.69, 9.17) is 4.74 Å². The van der Waals surface area contributed by atoms with Crippen molar-refractivity contribution in [2.75, 3.05) is 13.2 Å². The number of nitrogens with one attached hydrogen (secondary N) is 1. The lowest BCUT2D eigenvalue weighted by Crippen LogP contribution is -2.20. The number of benzene rings is 1. The first-order valence-corrected chi connectivity index (χ1v) is 7.90. The Labute approximate surface area is 133 Å². The van der Waals surface area contributed by atoms with Crippen molar-refractivity contribution in [1.29, 1.82) is 0 Å². The summed E-state index contributed by atoms with van der Waals surface area (Å²) < 4.78 is 8.52. The van der Waals surface area contributed by atoms with Crippen molar-refractivity contribution in [3.63, 3.8) is 0 Å². The number of hydrogen-bond acceptors (Lipinski definition) is 4. The van der Waals surface area contributed by atoms with Crippen molar-refractivity contribution in [3.05, 3.63) is 40.9 Å². The van der Waals surface area contributed by atoms with Crippen LogP contribution in [-0.4, -0.2) is 27.9 Å². The predicted octanol–water partition coefficient (Wildman–Crippen LogP) is 2.87. The molecule has 6 heteroatoms. The molecule has 0 aliphatic heterocycles. The number of halogens is 1. The second-order valence-electron chi connectivity index (χ2n) is 5.25. The largest absolute Gasteiger partial charge is 0.492 e. The molecule has 0 spiro atoms. The lowest BCUT2D eigenvalue weighted by Gasteiger charge is -2.06. The molecule has 0 amide bonds. The molecule has 1 aromatic carbocycles. The van der Waals surface area contributed by atoms with Crippen molar-refractivity contribution >= 4 is 15.9 Å². The van der Waals surface area contributed by atoms with Crippen LogP contribution in [0.25, 0.3) is 0 Å². The molecule has 0 unspecified atom stereocenters. The van der Waals surface area contributed by atoms with Crippen molar-refractivity contribution < 1.29 is 4.74 Å². The van der Waals surface area contributed by atoms with Gasteiger partial charge in [0.05, 0.1) is 13.1 Å². The maximum Gasteiger partial charge on any atom is 0.164 e. The molecule has 1 aromatic heterocycles. The van der Waals surface area contributed by atoms with E-state index in [9.17, 15) is 0 Å². The zero-order valence-electron chi connectivity index (χ0n) is 12.4. The molecule has 0 fully saturated rings. The molecule has 0 atom stereocenters. The summed E-state index contributed by atoms with van der Waals surface area (Å²) >= 11 is 3.40. The molecule has 0 saturated heterocycles.